The van der Waals surface area contributed by atoms with E-state index in [1.54, 1.807) is 32.4 Å². The predicted octanol–water partition coefficient (Wildman–Crippen LogP) is 2.69. The Morgan fingerprint density at radius 1 is 1.18 bits per heavy atom. The van der Waals surface area contributed by atoms with Gasteiger partial charge in [-0.15, -0.1) is 5.10 Å². The number of oxime groups is 1. The maximum atomic E-state index is 12.3. The summed E-state index contributed by atoms with van der Waals surface area (Å²) in [5.41, 5.74) is 1.93. The topological polar surface area (TPSA) is 126 Å². The smallest absolute Gasteiger partial charge is 0.225 e. The van der Waals surface area contributed by atoms with Crippen molar-refractivity contribution in [3.63, 3.8) is 0 Å². The highest BCUT2D eigenvalue weighted by Crippen LogP contribution is 2.12. The first kappa shape index (κ1) is 24.9. The van der Waals surface area contributed by atoms with Gasteiger partial charge in [-0.1, -0.05) is 41.6 Å². The molecule has 180 valence electrons. The number of nitrogens with zero attached hydrogens (tertiary/aromatic N) is 6. The first-order chi connectivity index (χ1) is 16.6. The lowest BCUT2D eigenvalue weighted by Gasteiger charge is -2.14. The Bertz CT molecular complexity index is 1070. The van der Waals surface area contributed by atoms with Crippen molar-refractivity contribution in [3.05, 3.63) is 65.6 Å². The molecule has 0 fully saturated rings. The molecule has 0 saturated carbocycles. The maximum absolute atomic E-state index is 12.3. The van der Waals surface area contributed by atoms with Crippen molar-refractivity contribution < 1.29 is 19.1 Å². The summed E-state index contributed by atoms with van der Waals surface area (Å²) < 4.78 is 12.2. The normalized spacial score (nSPS) is 12.4. The monoisotopic (exact) mass is 467 g/mol. The zero-order valence-corrected chi connectivity index (χ0v) is 19.5. The Balaban J connectivity index is 1.58. The number of aryl methyl sites for hydroxylation is 1. The standard InChI is InChI=1S/C23H29N7O4/c1-4-33-21(32-3)15-9-14-20(31)25-19-13-8-12-18(24-19)16-34-27-22(17-10-6-5-7-11-17)23-26-28-29-30(23)2/h5-8,10-13,21H,4,9,14-16H2,1-3H3,(H,24,25,31)/b27-22-. The third kappa shape index (κ3) is 7.42. The van der Waals surface area contributed by atoms with Gasteiger partial charge in [0.05, 0.1) is 5.69 Å². The number of tetrazole rings is 1. The molecular weight excluding hydrogens is 438 g/mol. The lowest BCUT2D eigenvalue weighted by molar-refractivity contribution is -0.126. The molecule has 11 nitrogen and oxygen atoms in total. The first-order valence-electron chi connectivity index (χ1n) is 11.0. The van der Waals surface area contributed by atoms with Crippen LogP contribution in [0.5, 0.6) is 0 Å². The number of carbonyl (C=O) groups is 1. The van der Waals surface area contributed by atoms with E-state index in [1.807, 2.05) is 37.3 Å². The summed E-state index contributed by atoms with van der Waals surface area (Å²) >= 11 is 0. The van der Waals surface area contributed by atoms with Crippen molar-refractivity contribution in [3.8, 4) is 0 Å². The maximum Gasteiger partial charge on any atom is 0.225 e. The van der Waals surface area contributed by atoms with Gasteiger partial charge in [-0.05, 0) is 42.3 Å². The second-order valence-corrected chi connectivity index (χ2v) is 7.28. The number of pyridine rings is 1. The van der Waals surface area contributed by atoms with Crippen LogP contribution in [0.4, 0.5) is 5.82 Å². The minimum absolute atomic E-state index is 0.106. The van der Waals surface area contributed by atoms with Gasteiger partial charge in [-0.2, -0.15) is 0 Å². The molecule has 2 aromatic heterocycles. The molecular formula is C23H29N7O4. The number of carbonyl (C=O) groups excluding carboxylic acids is 1. The number of amides is 1. The summed E-state index contributed by atoms with van der Waals surface area (Å²) in [5.74, 6) is 0.792. The van der Waals surface area contributed by atoms with Crippen molar-refractivity contribution in [2.75, 3.05) is 19.0 Å². The van der Waals surface area contributed by atoms with Crippen LogP contribution in [0.1, 0.15) is 43.3 Å². The average molecular weight is 468 g/mol. The van der Waals surface area contributed by atoms with Crippen molar-refractivity contribution >= 4 is 17.4 Å². The number of methoxy groups -OCH3 is 1. The second-order valence-electron chi connectivity index (χ2n) is 7.28. The number of hydrogen-bond acceptors (Lipinski definition) is 9. The molecule has 3 rings (SSSR count). The Morgan fingerprint density at radius 2 is 2.00 bits per heavy atom. The average Bonchev–Trinajstić information content (AvgIpc) is 3.27. The summed E-state index contributed by atoms with van der Waals surface area (Å²) in [6, 6.07) is 14.8. The van der Waals surface area contributed by atoms with Gasteiger partial charge >= 0.3 is 0 Å². The molecule has 2 heterocycles. The van der Waals surface area contributed by atoms with Crippen LogP contribution in [0.2, 0.25) is 0 Å². The van der Waals surface area contributed by atoms with Gasteiger partial charge in [-0.25, -0.2) is 9.67 Å². The fraction of sp³-hybridized carbons (Fsp3) is 0.391. The van der Waals surface area contributed by atoms with E-state index in [0.717, 1.165) is 5.56 Å². The highest BCUT2D eigenvalue weighted by molar-refractivity contribution is 6.10. The van der Waals surface area contributed by atoms with E-state index >= 15 is 0 Å². The number of rotatable bonds is 13. The summed E-state index contributed by atoms with van der Waals surface area (Å²) in [7, 11) is 3.32. The minimum Gasteiger partial charge on any atom is -0.389 e. The predicted molar refractivity (Wildman–Crippen MR) is 125 cm³/mol. The molecule has 0 aliphatic carbocycles. The van der Waals surface area contributed by atoms with Crippen LogP contribution in [-0.4, -0.2) is 56.8 Å². The quantitative estimate of drug-likeness (QED) is 0.231. The molecule has 3 aromatic rings. The lowest BCUT2D eigenvalue weighted by atomic mass is 10.1. The zero-order chi connectivity index (χ0) is 24.2. The first-order valence-corrected chi connectivity index (χ1v) is 11.0. The van der Waals surface area contributed by atoms with E-state index in [4.69, 9.17) is 14.3 Å². The van der Waals surface area contributed by atoms with E-state index in [1.165, 1.54) is 4.68 Å². The number of hydrogen-bond donors (Lipinski definition) is 1. The fourth-order valence-electron chi connectivity index (χ4n) is 3.13. The highest BCUT2D eigenvalue weighted by atomic mass is 16.7. The van der Waals surface area contributed by atoms with Gasteiger partial charge in [0.1, 0.15) is 5.82 Å². The van der Waals surface area contributed by atoms with Crippen molar-refractivity contribution in [2.45, 2.75) is 39.1 Å². The lowest BCUT2D eigenvalue weighted by Crippen LogP contribution is -2.17. The van der Waals surface area contributed by atoms with E-state index in [-0.39, 0.29) is 18.8 Å². The number of nitrogens with one attached hydrogen (secondary N) is 1. The molecule has 0 aliphatic rings. The van der Waals surface area contributed by atoms with Crippen LogP contribution in [0.15, 0.2) is 53.7 Å². The summed E-state index contributed by atoms with van der Waals surface area (Å²) in [6.45, 7) is 2.58. The van der Waals surface area contributed by atoms with Gasteiger partial charge in [0.25, 0.3) is 0 Å². The van der Waals surface area contributed by atoms with Crippen molar-refractivity contribution in [2.24, 2.45) is 12.2 Å². The minimum atomic E-state index is -0.296. The van der Waals surface area contributed by atoms with E-state index in [0.29, 0.717) is 48.9 Å². The molecule has 11 heteroatoms. The molecule has 1 amide bonds. The van der Waals surface area contributed by atoms with Crippen LogP contribution in [0.3, 0.4) is 0 Å². The molecule has 0 bridgehead atoms. The van der Waals surface area contributed by atoms with Gasteiger partial charge in [0.15, 0.2) is 18.6 Å². The van der Waals surface area contributed by atoms with Crippen molar-refractivity contribution in [1.82, 2.24) is 25.2 Å². The Kier molecular flexibility index (Phi) is 9.62. The fourth-order valence-corrected chi connectivity index (χ4v) is 3.13. The van der Waals surface area contributed by atoms with Crippen LogP contribution in [0.25, 0.3) is 0 Å². The van der Waals surface area contributed by atoms with Crippen LogP contribution in [-0.2, 0) is 32.8 Å². The molecule has 1 atom stereocenters. The van der Waals surface area contributed by atoms with Gasteiger partial charge < -0.3 is 19.6 Å². The highest BCUT2D eigenvalue weighted by Gasteiger charge is 2.15. The van der Waals surface area contributed by atoms with Gasteiger partial charge in [0, 0.05) is 32.7 Å². The summed E-state index contributed by atoms with van der Waals surface area (Å²) in [5, 5.41) is 18.6. The number of ether oxygens (including phenoxy) is 2. The molecule has 34 heavy (non-hydrogen) atoms. The number of aromatic nitrogens is 5. The largest absolute Gasteiger partial charge is 0.389 e. The number of benzene rings is 1. The third-order valence-electron chi connectivity index (χ3n) is 4.78. The Hall–Kier alpha value is -3.70. The second kappa shape index (κ2) is 13.1. The molecule has 1 aromatic carbocycles. The summed E-state index contributed by atoms with van der Waals surface area (Å²) in [6.07, 6.45) is 1.32. The molecule has 1 N–H and O–H groups in total. The van der Waals surface area contributed by atoms with E-state index in [9.17, 15) is 4.79 Å². The summed E-state index contributed by atoms with van der Waals surface area (Å²) in [4.78, 5) is 22.3. The van der Waals surface area contributed by atoms with Crippen LogP contribution < -0.4 is 5.32 Å². The molecule has 1 unspecified atom stereocenters. The molecule has 0 saturated heterocycles. The third-order valence-corrected chi connectivity index (χ3v) is 4.78. The van der Waals surface area contributed by atoms with Crippen LogP contribution in [0, 0.1) is 0 Å². The van der Waals surface area contributed by atoms with Gasteiger partial charge in [0.2, 0.25) is 11.7 Å². The molecule has 0 aliphatic heterocycles. The van der Waals surface area contributed by atoms with E-state index in [2.05, 4.69) is 31.0 Å². The van der Waals surface area contributed by atoms with Crippen LogP contribution >= 0.6 is 0 Å². The SMILES string of the molecule is CCOC(CCCC(=O)Nc1cccc(CO/N=C(/c2ccccc2)c2nnnn2C)n1)OC. The van der Waals surface area contributed by atoms with E-state index < -0.39 is 0 Å². The molecule has 0 radical (unpaired) electrons. The van der Waals surface area contributed by atoms with Crippen molar-refractivity contribution in [1.29, 1.82) is 0 Å². The molecule has 0 spiro atoms. The Labute approximate surface area is 198 Å². The number of anilines is 1. The Morgan fingerprint density at radius 3 is 2.71 bits per heavy atom. The van der Waals surface area contributed by atoms with Gasteiger partial charge in [-0.3, -0.25) is 4.79 Å². The zero-order valence-electron chi connectivity index (χ0n) is 19.5.